The van der Waals surface area contributed by atoms with E-state index in [1.165, 1.54) is 11.3 Å². The standard InChI is InChI=1S/C13H17NO/c1-2-5-11-6-3-4-7-13(11)14-9-8-12(15)10-14/h3-4,6-7H,2,5,8-10H2,1H3. The van der Waals surface area contributed by atoms with Gasteiger partial charge in [-0.05, 0) is 18.1 Å². The molecule has 0 N–H and O–H groups in total. The van der Waals surface area contributed by atoms with E-state index in [9.17, 15) is 4.79 Å². The third kappa shape index (κ3) is 2.20. The summed E-state index contributed by atoms with van der Waals surface area (Å²) < 4.78 is 0. The minimum absolute atomic E-state index is 0.362. The smallest absolute Gasteiger partial charge is 0.153 e. The van der Waals surface area contributed by atoms with Crippen LogP contribution in [0.4, 0.5) is 5.69 Å². The van der Waals surface area contributed by atoms with Crippen LogP contribution in [-0.2, 0) is 11.2 Å². The van der Waals surface area contributed by atoms with Crippen molar-refractivity contribution in [3.8, 4) is 0 Å². The van der Waals surface area contributed by atoms with Crippen molar-refractivity contribution in [1.29, 1.82) is 0 Å². The number of nitrogens with zero attached hydrogens (tertiary/aromatic N) is 1. The van der Waals surface area contributed by atoms with Gasteiger partial charge in [0.15, 0.2) is 5.78 Å². The molecule has 0 aromatic heterocycles. The number of hydrogen-bond donors (Lipinski definition) is 0. The Kier molecular flexibility index (Phi) is 3.05. The summed E-state index contributed by atoms with van der Waals surface area (Å²) in [6, 6.07) is 8.43. The zero-order chi connectivity index (χ0) is 10.7. The molecule has 2 nitrogen and oxygen atoms in total. The van der Waals surface area contributed by atoms with E-state index >= 15 is 0 Å². The largest absolute Gasteiger partial charge is 0.364 e. The Labute approximate surface area is 90.9 Å². The average Bonchev–Trinajstić information content (AvgIpc) is 2.66. The average molecular weight is 203 g/mol. The number of Topliss-reactive ketones (excluding diaryl/α,β-unsaturated/α-hetero) is 1. The molecule has 0 unspecified atom stereocenters. The maximum Gasteiger partial charge on any atom is 0.153 e. The molecule has 1 fully saturated rings. The number of anilines is 1. The molecule has 0 spiro atoms. The summed E-state index contributed by atoms with van der Waals surface area (Å²) in [5.41, 5.74) is 2.62. The number of ketones is 1. The number of para-hydroxylation sites is 1. The number of carbonyl (C=O) groups is 1. The molecule has 1 aliphatic heterocycles. The first-order valence-corrected chi connectivity index (χ1v) is 5.66. The quantitative estimate of drug-likeness (QED) is 0.752. The molecule has 80 valence electrons. The molecule has 0 radical (unpaired) electrons. The molecule has 0 bridgehead atoms. The van der Waals surface area contributed by atoms with Gasteiger partial charge < -0.3 is 4.90 Å². The van der Waals surface area contributed by atoms with Gasteiger partial charge in [0.1, 0.15) is 0 Å². The molecular formula is C13H17NO. The molecule has 1 heterocycles. The van der Waals surface area contributed by atoms with Gasteiger partial charge >= 0.3 is 0 Å². The second kappa shape index (κ2) is 4.47. The molecule has 1 aromatic rings. The van der Waals surface area contributed by atoms with E-state index < -0.39 is 0 Å². The zero-order valence-electron chi connectivity index (χ0n) is 9.20. The van der Waals surface area contributed by atoms with Crippen molar-refractivity contribution in [3.63, 3.8) is 0 Å². The highest BCUT2D eigenvalue weighted by atomic mass is 16.1. The first-order valence-electron chi connectivity index (χ1n) is 5.66. The van der Waals surface area contributed by atoms with Crippen LogP contribution in [-0.4, -0.2) is 18.9 Å². The Morgan fingerprint density at radius 2 is 2.13 bits per heavy atom. The molecule has 2 heteroatoms. The van der Waals surface area contributed by atoms with Crippen molar-refractivity contribution in [1.82, 2.24) is 0 Å². The van der Waals surface area contributed by atoms with Crippen LogP contribution >= 0.6 is 0 Å². The molecule has 0 atom stereocenters. The van der Waals surface area contributed by atoms with Gasteiger partial charge in [-0.1, -0.05) is 31.5 Å². The van der Waals surface area contributed by atoms with Gasteiger partial charge in [0.05, 0.1) is 6.54 Å². The third-order valence-corrected chi connectivity index (χ3v) is 2.88. The number of aryl methyl sites for hydroxylation is 1. The molecule has 2 rings (SSSR count). The molecule has 1 saturated heterocycles. The van der Waals surface area contributed by atoms with Gasteiger partial charge in [0.2, 0.25) is 0 Å². The first-order chi connectivity index (χ1) is 7.31. The minimum Gasteiger partial charge on any atom is -0.364 e. The van der Waals surface area contributed by atoms with Crippen LogP contribution < -0.4 is 4.90 Å². The molecule has 1 aliphatic rings. The van der Waals surface area contributed by atoms with E-state index in [4.69, 9.17) is 0 Å². The second-order valence-electron chi connectivity index (χ2n) is 4.09. The Hall–Kier alpha value is -1.31. The van der Waals surface area contributed by atoms with Crippen molar-refractivity contribution in [2.75, 3.05) is 18.0 Å². The summed E-state index contributed by atoms with van der Waals surface area (Å²) in [4.78, 5) is 13.5. The van der Waals surface area contributed by atoms with E-state index in [1.54, 1.807) is 0 Å². The normalized spacial score (nSPS) is 16.1. The van der Waals surface area contributed by atoms with Crippen LogP contribution in [0.25, 0.3) is 0 Å². The fraction of sp³-hybridized carbons (Fsp3) is 0.462. The zero-order valence-corrected chi connectivity index (χ0v) is 9.20. The summed E-state index contributed by atoms with van der Waals surface area (Å²) in [6.07, 6.45) is 2.96. The number of benzene rings is 1. The van der Waals surface area contributed by atoms with Crippen molar-refractivity contribution < 1.29 is 4.79 Å². The van der Waals surface area contributed by atoms with Crippen molar-refractivity contribution in [3.05, 3.63) is 29.8 Å². The van der Waals surface area contributed by atoms with Crippen LogP contribution in [0.3, 0.4) is 0 Å². The van der Waals surface area contributed by atoms with Gasteiger partial charge in [0.25, 0.3) is 0 Å². The summed E-state index contributed by atoms with van der Waals surface area (Å²) in [5, 5.41) is 0. The van der Waals surface area contributed by atoms with Crippen LogP contribution in [0.1, 0.15) is 25.3 Å². The van der Waals surface area contributed by atoms with Gasteiger partial charge in [-0.15, -0.1) is 0 Å². The Bertz CT molecular complexity index is 359. The van der Waals surface area contributed by atoms with E-state index in [-0.39, 0.29) is 0 Å². The highest BCUT2D eigenvalue weighted by Gasteiger charge is 2.20. The number of rotatable bonds is 3. The van der Waals surface area contributed by atoms with Crippen LogP contribution in [0.2, 0.25) is 0 Å². The predicted molar refractivity (Wildman–Crippen MR) is 62.3 cm³/mol. The lowest BCUT2D eigenvalue weighted by Crippen LogP contribution is -2.20. The SMILES string of the molecule is CCCc1ccccc1N1CCC(=O)C1. The van der Waals surface area contributed by atoms with Gasteiger partial charge in [-0.2, -0.15) is 0 Å². The molecule has 0 saturated carbocycles. The van der Waals surface area contributed by atoms with Crippen molar-refractivity contribution in [2.24, 2.45) is 0 Å². The van der Waals surface area contributed by atoms with Crippen LogP contribution in [0, 0.1) is 0 Å². The fourth-order valence-corrected chi connectivity index (χ4v) is 2.14. The Balaban J connectivity index is 2.22. The predicted octanol–water partition coefficient (Wildman–Crippen LogP) is 2.42. The lowest BCUT2D eigenvalue weighted by Gasteiger charge is -2.20. The topological polar surface area (TPSA) is 20.3 Å². The van der Waals surface area contributed by atoms with E-state index in [0.717, 1.165) is 19.4 Å². The maximum atomic E-state index is 11.3. The highest BCUT2D eigenvalue weighted by molar-refractivity contribution is 5.87. The lowest BCUT2D eigenvalue weighted by atomic mass is 10.1. The van der Waals surface area contributed by atoms with Gasteiger partial charge in [-0.3, -0.25) is 4.79 Å². The maximum absolute atomic E-state index is 11.3. The van der Waals surface area contributed by atoms with E-state index in [0.29, 0.717) is 18.7 Å². The molecule has 1 aromatic carbocycles. The molecule has 0 amide bonds. The summed E-state index contributed by atoms with van der Waals surface area (Å²) in [5.74, 6) is 0.362. The van der Waals surface area contributed by atoms with Crippen LogP contribution in [0.5, 0.6) is 0 Å². The van der Waals surface area contributed by atoms with Crippen molar-refractivity contribution in [2.45, 2.75) is 26.2 Å². The Morgan fingerprint density at radius 3 is 2.80 bits per heavy atom. The summed E-state index contributed by atoms with van der Waals surface area (Å²) >= 11 is 0. The highest BCUT2D eigenvalue weighted by Crippen LogP contribution is 2.24. The first kappa shape index (κ1) is 10.2. The number of hydrogen-bond acceptors (Lipinski definition) is 2. The fourth-order valence-electron chi connectivity index (χ4n) is 2.14. The second-order valence-corrected chi connectivity index (χ2v) is 4.09. The Morgan fingerprint density at radius 1 is 1.33 bits per heavy atom. The number of carbonyl (C=O) groups excluding carboxylic acids is 1. The van der Waals surface area contributed by atoms with E-state index in [2.05, 4.69) is 36.1 Å². The van der Waals surface area contributed by atoms with E-state index in [1.807, 2.05) is 0 Å². The molecule has 15 heavy (non-hydrogen) atoms. The molecular weight excluding hydrogens is 186 g/mol. The minimum atomic E-state index is 0.362. The van der Waals surface area contributed by atoms with Crippen LogP contribution in [0.15, 0.2) is 24.3 Å². The summed E-state index contributed by atoms with van der Waals surface area (Å²) in [7, 11) is 0. The third-order valence-electron chi connectivity index (χ3n) is 2.88. The monoisotopic (exact) mass is 203 g/mol. The van der Waals surface area contributed by atoms with Crippen molar-refractivity contribution >= 4 is 11.5 Å². The molecule has 0 aliphatic carbocycles. The summed E-state index contributed by atoms with van der Waals surface area (Å²) in [6.45, 7) is 3.67. The lowest BCUT2D eigenvalue weighted by molar-refractivity contribution is -0.116. The van der Waals surface area contributed by atoms with Gasteiger partial charge in [-0.25, -0.2) is 0 Å². The van der Waals surface area contributed by atoms with Gasteiger partial charge in [0, 0.05) is 18.7 Å².